The summed E-state index contributed by atoms with van der Waals surface area (Å²) in [6.07, 6.45) is 2.31. The van der Waals surface area contributed by atoms with Crippen LogP contribution in [-0.2, 0) is 4.74 Å². The van der Waals surface area contributed by atoms with Crippen LogP contribution in [0, 0.1) is 5.41 Å². The first kappa shape index (κ1) is 10.7. The molecule has 15 heavy (non-hydrogen) atoms. The molecule has 2 aliphatic rings. The van der Waals surface area contributed by atoms with Crippen LogP contribution in [0.5, 0.6) is 0 Å². The van der Waals surface area contributed by atoms with Gasteiger partial charge in [-0.2, -0.15) is 0 Å². The van der Waals surface area contributed by atoms with Crippen molar-refractivity contribution in [2.45, 2.75) is 38.8 Å². The molecule has 1 saturated carbocycles. The van der Waals surface area contributed by atoms with Crippen molar-refractivity contribution in [1.29, 1.82) is 0 Å². The van der Waals surface area contributed by atoms with E-state index in [1.54, 1.807) is 7.11 Å². The minimum absolute atomic E-state index is 0.0867. The third-order valence-corrected chi connectivity index (χ3v) is 3.90. The van der Waals surface area contributed by atoms with E-state index in [4.69, 9.17) is 4.74 Å². The highest BCUT2D eigenvalue weighted by molar-refractivity contribution is 5.75. The topological polar surface area (TPSA) is 41.6 Å². The van der Waals surface area contributed by atoms with Crippen molar-refractivity contribution in [3.8, 4) is 0 Å². The summed E-state index contributed by atoms with van der Waals surface area (Å²) in [5.74, 6) is 0. The maximum atomic E-state index is 11.7. The summed E-state index contributed by atoms with van der Waals surface area (Å²) >= 11 is 0. The minimum atomic E-state index is 0.0867. The Morgan fingerprint density at radius 2 is 2.27 bits per heavy atom. The minimum Gasteiger partial charge on any atom is -0.381 e. The zero-order valence-corrected chi connectivity index (χ0v) is 9.75. The van der Waals surface area contributed by atoms with Crippen LogP contribution < -0.4 is 5.32 Å². The number of hydrogen-bond acceptors (Lipinski definition) is 2. The van der Waals surface area contributed by atoms with Crippen LogP contribution in [0.4, 0.5) is 4.79 Å². The molecule has 0 aromatic rings. The summed E-state index contributed by atoms with van der Waals surface area (Å²) in [5.41, 5.74) is 0.0867. The van der Waals surface area contributed by atoms with Crippen molar-refractivity contribution in [1.82, 2.24) is 10.2 Å². The third-order valence-electron chi connectivity index (χ3n) is 3.90. The van der Waals surface area contributed by atoms with Crippen LogP contribution in [0.25, 0.3) is 0 Å². The first-order chi connectivity index (χ1) is 7.07. The monoisotopic (exact) mass is 212 g/mol. The van der Waals surface area contributed by atoms with Crippen molar-refractivity contribution in [3.05, 3.63) is 0 Å². The molecular weight excluding hydrogens is 192 g/mol. The molecule has 2 fully saturated rings. The van der Waals surface area contributed by atoms with Gasteiger partial charge in [0.25, 0.3) is 0 Å². The fourth-order valence-electron chi connectivity index (χ4n) is 2.74. The smallest absolute Gasteiger partial charge is 0.317 e. The number of methoxy groups -OCH3 is 1. The van der Waals surface area contributed by atoms with Gasteiger partial charge in [0.15, 0.2) is 0 Å². The summed E-state index contributed by atoms with van der Waals surface area (Å²) in [6.45, 7) is 6.06. The van der Waals surface area contributed by atoms with Gasteiger partial charge in [-0.3, -0.25) is 0 Å². The van der Waals surface area contributed by atoms with Crippen LogP contribution in [0.1, 0.15) is 26.7 Å². The van der Waals surface area contributed by atoms with Gasteiger partial charge in [0.05, 0.1) is 6.10 Å². The molecule has 0 spiro atoms. The summed E-state index contributed by atoms with van der Waals surface area (Å²) in [5, 5.41) is 2.90. The van der Waals surface area contributed by atoms with Crippen molar-refractivity contribution in [2.75, 3.05) is 20.2 Å². The molecule has 2 atom stereocenters. The predicted molar refractivity (Wildman–Crippen MR) is 57.7 cm³/mol. The van der Waals surface area contributed by atoms with Gasteiger partial charge in [-0.15, -0.1) is 0 Å². The average Bonchev–Trinajstić information content (AvgIpc) is 2.20. The van der Waals surface area contributed by atoms with Crippen LogP contribution in [0.2, 0.25) is 0 Å². The van der Waals surface area contributed by atoms with E-state index in [-0.39, 0.29) is 17.6 Å². The maximum absolute atomic E-state index is 11.7. The van der Waals surface area contributed by atoms with E-state index in [0.717, 1.165) is 25.9 Å². The summed E-state index contributed by atoms with van der Waals surface area (Å²) < 4.78 is 5.40. The first-order valence-electron chi connectivity index (χ1n) is 5.64. The predicted octanol–water partition coefficient (Wildman–Crippen LogP) is 1.22. The molecule has 1 aliphatic heterocycles. The van der Waals surface area contributed by atoms with Crippen molar-refractivity contribution >= 4 is 6.03 Å². The Kier molecular flexibility index (Phi) is 2.63. The van der Waals surface area contributed by atoms with Gasteiger partial charge in [0.1, 0.15) is 0 Å². The molecule has 1 N–H and O–H groups in total. The highest BCUT2D eigenvalue weighted by Crippen LogP contribution is 2.45. The van der Waals surface area contributed by atoms with Gasteiger partial charge in [-0.05, 0) is 12.8 Å². The Morgan fingerprint density at radius 1 is 1.53 bits per heavy atom. The van der Waals surface area contributed by atoms with Crippen molar-refractivity contribution < 1.29 is 9.53 Å². The number of carbonyl (C=O) groups is 1. The first-order valence-corrected chi connectivity index (χ1v) is 5.64. The number of urea groups is 1. The van der Waals surface area contributed by atoms with E-state index < -0.39 is 0 Å². The normalized spacial score (nSPS) is 34.6. The molecule has 1 saturated heterocycles. The molecule has 0 aromatic carbocycles. The molecule has 2 amide bonds. The second-order valence-electron chi connectivity index (χ2n) is 5.08. The van der Waals surface area contributed by atoms with E-state index in [1.807, 2.05) is 4.90 Å². The quantitative estimate of drug-likeness (QED) is 0.747. The maximum Gasteiger partial charge on any atom is 0.317 e. The van der Waals surface area contributed by atoms with Gasteiger partial charge in [-0.1, -0.05) is 13.8 Å². The van der Waals surface area contributed by atoms with E-state index >= 15 is 0 Å². The lowest BCUT2D eigenvalue weighted by molar-refractivity contribution is -0.127. The Balaban J connectivity index is 2.03. The summed E-state index contributed by atoms with van der Waals surface area (Å²) in [7, 11) is 1.75. The Morgan fingerprint density at radius 3 is 2.80 bits per heavy atom. The lowest BCUT2D eigenvalue weighted by atomic mass is 9.63. The summed E-state index contributed by atoms with van der Waals surface area (Å²) in [6, 6.07) is 0.427. The number of carbonyl (C=O) groups excluding carboxylic acids is 1. The fraction of sp³-hybridized carbons (Fsp3) is 0.909. The van der Waals surface area contributed by atoms with Gasteiger partial charge >= 0.3 is 6.03 Å². The van der Waals surface area contributed by atoms with Gasteiger partial charge < -0.3 is 15.0 Å². The van der Waals surface area contributed by atoms with Gasteiger partial charge in [-0.25, -0.2) is 4.79 Å². The number of nitrogens with zero attached hydrogens (tertiary/aromatic N) is 1. The number of ether oxygens (including phenoxy) is 1. The number of rotatable bonds is 2. The van der Waals surface area contributed by atoms with Crippen molar-refractivity contribution in [3.63, 3.8) is 0 Å². The molecule has 1 heterocycles. The zero-order valence-electron chi connectivity index (χ0n) is 9.75. The SMILES string of the molecule is COC1CC(N2CCCNC2=O)C1(C)C. The Labute approximate surface area is 91.0 Å². The second-order valence-corrected chi connectivity index (χ2v) is 5.08. The third kappa shape index (κ3) is 1.61. The molecule has 0 bridgehead atoms. The number of hydrogen-bond donors (Lipinski definition) is 1. The fourth-order valence-corrected chi connectivity index (χ4v) is 2.74. The molecule has 1 aliphatic carbocycles. The van der Waals surface area contributed by atoms with E-state index in [2.05, 4.69) is 19.2 Å². The van der Waals surface area contributed by atoms with Crippen LogP contribution in [0.3, 0.4) is 0 Å². The van der Waals surface area contributed by atoms with E-state index in [0.29, 0.717) is 6.04 Å². The molecule has 4 heteroatoms. The number of amides is 2. The lowest BCUT2D eigenvalue weighted by Gasteiger charge is -2.55. The Bertz CT molecular complexity index is 265. The second kappa shape index (κ2) is 3.67. The van der Waals surface area contributed by atoms with Gasteiger partial charge in [0.2, 0.25) is 0 Å². The average molecular weight is 212 g/mol. The molecule has 0 radical (unpaired) electrons. The molecule has 2 rings (SSSR count). The highest BCUT2D eigenvalue weighted by Gasteiger charge is 2.52. The highest BCUT2D eigenvalue weighted by atomic mass is 16.5. The molecular formula is C11H20N2O2. The number of nitrogens with one attached hydrogen (secondary N) is 1. The summed E-state index contributed by atoms with van der Waals surface area (Å²) in [4.78, 5) is 13.7. The molecule has 4 nitrogen and oxygen atoms in total. The van der Waals surface area contributed by atoms with Crippen molar-refractivity contribution in [2.24, 2.45) is 5.41 Å². The largest absolute Gasteiger partial charge is 0.381 e. The van der Waals surface area contributed by atoms with Crippen LogP contribution >= 0.6 is 0 Å². The standard InChI is InChI=1S/C11H20N2O2/c1-11(2)8(7-9(11)15-3)13-6-4-5-12-10(13)14/h8-9H,4-7H2,1-3H3,(H,12,14). The zero-order chi connectivity index (χ0) is 11.1. The van der Waals surface area contributed by atoms with Crippen LogP contribution in [0.15, 0.2) is 0 Å². The van der Waals surface area contributed by atoms with E-state index in [1.165, 1.54) is 0 Å². The Hall–Kier alpha value is -0.770. The van der Waals surface area contributed by atoms with Crippen LogP contribution in [-0.4, -0.2) is 43.3 Å². The lowest BCUT2D eigenvalue weighted by Crippen LogP contribution is -2.65. The molecule has 86 valence electrons. The van der Waals surface area contributed by atoms with E-state index in [9.17, 15) is 4.79 Å². The molecule has 2 unspecified atom stereocenters. The molecule has 0 aromatic heterocycles. The van der Waals surface area contributed by atoms with Gasteiger partial charge in [0, 0.05) is 31.7 Å².